The summed E-state index contributed by atoms with van der Waals surface area (Å²) in [6.45, 7) is 0. The zero-order valence-electron chi connectivity index (χ0n) is 16.8. The molecule has 0 radical (unpaired) electrons. The lowest BCUT2D eigenvalue weighted by Crippen LogP contribution is -2.00. The molecule has 150 valence electrons. The first kappa shape index (κ1) is 21.0. The molecule has 0 aliphatic carbocycles. The van der Waals surface area contributed by atoms with E-state index in [2.05, 4.69) is 0 Å². The topological polar surface area (TPSA) is 72.5 Å². The Hall–Kier alpha value is -3.35. The van der Waals surface area contributed by atoms with Crippen LogP contribution in [0.4, 0.5) is 0 Å². The van der Waals surface area contributed by atoms with Crippen LogP contribution in [-0.2, 0) is 0 Å². The Morgan fingerprint density at radius 1 is 0.643 bits per heavy atom. The van der Waals surface area contributed by atoms with E-state index in [1.54, 1.807) is 51.7 Å². The number of rotatable bonds is 9. The minimum atomic E-state index is -0.240. The van der Waals surface area contributed by atoms with Crippen molar-refractivity contribution in [1.29, 1.82) is 0 Å². The fourth-order valence-electron chi connectivity index (χ4n) is 2.67. The molecule has 2 aromatic carbocycles. The average Bonchev–Trinajstić information content (AvgIpc) is 2.75. The summed E-state index contributed by atoms with van der Waals surface area (Å²) in [5.74, 6) is 2.61. The van der Waals surface area contributed by atoms with Crippen molar-refractivity contribution in [1.82, 2.24) is 0 Å². The monoisotopic (exact) mass is 388 g/mol. The van der Waals surface area contributed by atoms with E-state index < -0.39 is 0 Å². The Morgan fingerprint density at radius 2 is 1.14 bits per heavy atom. The number of hydrogen-bond donors (Lipinski definition) is 0. The van der Waals surface area contributed by atoms with Crippen LogP contribution in [0, 0.1) is 0 Å². The highest BCUT2D eigenvalue weighted by Crippen LogP contribution is 2.39. The molecule has 0 amide bonds. The Kier molecular flexibility index (Phi) is 7.14. The van der Waals surface area contributed by atoms with Gasteiger partial charge in [0.2, 0.25) is 5.75 Å². The Labute approximate surface area is 164 Å². The Morgan fingerprint density at radius 3 is 1.61 bits per heavy atom. The van der Waals surface area contributed by atoms with Crippen LogP contribution in [-0.4, -0.2) is 48.4 Å². The molecule has 0 spiro atoms. The van der Waals surface area contributed by atoms with Crippen LogP contribution in [0.15, 0.2) is 30.3 Å². The second kappa shape index (κ2) is 9.55. The molecule has 0 atom stereocenters. The van der Waals surface area contributed by atoms with Crippen molar-refractivity contribution in [3.8, 4) is 34.5 Å². The molecule has 0 unspecified atom stereocenters. The number of ether oxygens (including phenoxy) is 6. The zero-order valence-corrected chi connectivity index (χ0v) is 16.8. The molecular formula is C21H24O7. The van der Waals surface area contributed by atoms with E-state index in [1.165, 1.54) is 27.4 Å². The highest BCUT2D eigenvalue weighted by molar-refractivity contribution is 6.07. The predicted octanol–water partition coefficient (Wildman–Crippen LogP) is 3.63. The molecular weight excluding hydrogens is 364 g/mol. The third kappa shape index (κ3) is 4.31. The minimum absolute atomic E-state index is 0.240. The number of hydrogen-bond acceptors (Lipinski definition) is 7. The molecule has 0 heterocycles. The van der Waals surface area contributed by atoms with Crippen LogP contribution in [0.5, 0.6) is 34.5 Å². The van der Waals surface area contributed by atoms with Gasteiger partial charge in [-0.15, -0.1) is 0 Å². The maximum atomic E-state index is 12.7. The van der Waals surface area contributed by atoms with Gasteiger partial charge in [-0.25, -0.2) is 0 Å². The lowest BCUT2D eigenvalue weighted by molar-refractivity contribution is 0.104. The summed E-state index contributed by atoms with van der Waals surface area (Å²) in [5.41, 5.74) is 1.06. The number of carbonyl (C=O) groups excluding carboxylic acids is 1. The average molecular weight is 388 g/mol. The minimum Gasteiger partial charge on any atom is -0.496 e. The number of benzene rings is 2. The van der Waals surface area contributed by atoms with Crippen LogP contribution < -0.4 is 28.4 Å². The summed E-state index contributed by atoms with van der Waals surface area (Å²) in [6.07, 6.45) is 3.08. The zero-order chi connectivity index (χ0) is 20.7. The molecule has 0 saturated carbocycles. The van der Waals surface area contributed by atoms with Gasteiger partial charge in [-0.2, -0.15) is 0 Å². The second-order valence-corrected chi connectivity index (χ2v) is 5.56. The highest BCUT2D eigenvalue weighted by Gasteiger charge is 2.16. The molecule has 0 saturated heterocycles. The van der Waals surface area contributed by atoms with Crippen LogP contribution in [0.2, 0.25) is 0 Å². The van der Waals surface area contributed by atoms with Crippen molar-refractivity contribution >= 4 is 11.9 Å². The van der Waals surface area contributed by atoms with Crippen molar-refractivity contribution in [3.05, 3.63) is 41.5 Å². The molecule has 0 aliphatic heterocycles. The van der Waals surface area contributed by atoms with E-state index >= 15 is 0 Å². The summed E-state index contributed by atoms with van der Waals surface area (Å²) < 4.78 is 31.8. The van der Waals surface area contributed by atoms with Gasteiger partial charge >= 0.3 is 0 Å². The van der Waals surface area contributed by atoms with E-state index in [4.69, 9.17) is 28.4 Å². The van der Waals surface area contributed by atoms with Gasteiger partial charge in [-0.1, -0.05) is 0 Å². The van der Waals surface area contributed by atoms with Gasteiger partial charge < -0.3 is 28.4 Å². The SMILES string of the molecule is COc1cc(OC)c(OC)cc1/C=C/C(=O)c1cc(OC)c(OC)c(OC)c1. The lowest BCUT2D eigenvalue weighted by atomic mass is 10.1. The lowest BCUT2D eigenvalue weighted by Gasteiger charge is -2.13. The number of allylic oxidation sites excluding steroid dienone is 1. The molecule has 7 nitrogen and oxygen atoms in total. The molecule has 0 bridgehead atoms. The predicted molar refractivity (Wildman–Crippen MR) is 106 cm³/mol. The molecule has 0 aliphatic rings. The molecule has 0 N–H and O–H groups in total. The summed E-state index contributed by atoms with van der Waals surface area (Å²) >= 11 is 0. The van der Waals surface area contributed by atoms with Gasteiger partial charge in [0.25, 0.3) is 0 Å². The van der Waals surface area contributed by atoms with E-state index in [-0.39, 0.29) is 5.78 Å². The standard InChI is InChI=1S/C21H24O7/c1-23-16-12-18(25-3)17(24-2)9-13(16)7-8-15(22)14-10-19(26-4)21(28-6)20(11-14)27-5/h7-12H,1-6H3/b8-7+. The van der Waals surface area contributed by atoms with Crippen LogP contribution >= 0.6 is 0 Å². The smallest absolute Gasteiger partial charge is 0.203 e. The fraction of sp³-hybridized carbons (Fsp3) is 0.286. The van der Waals surface area contributed by atoms with Gasteiger partial charge in [-0.05, 0) is 30.4 Å². The van der Waals surface area contributed by atoms with E-state index in [0.29, 0.717) is 45.6 Å². The van der Waals surface area contributed by atoms with Crippen LogP contribution in [0.25, 0.3) is 6.08 Å². The molecule has 0 aromatic heterocycles. The first-order valence-corrected chi connectivity index (χ1v) is 8.35. The molecule has 2 rings (SSSR count). The van der Waals surface area contributed by atoms with Gasteiger partial charge in [0.05, 0.1) is 42.7 Å². The van der Waals surface area contributed by atoms with Crippen molar-refractivity contribution < 1.29 is 33.2 Å². The molecule has 7 heteroatoms. The largest absolute Gasteiger partial charge is 0.496 e. The van der Waals surface area contributed by atoms with Gasteiger partial charge in [0.1, 0.15) is 5.75 Å². The number of carbonyl (C=O) groups is 1. The Bertz CT molecular complexity index is 846. The summed E-state index contributed by atoms with van der Waals surface area (Å²) in [5, 5.41) is 0. The van der Waals surface area contributed by atoms with E-state index in [9.17, 15) is 4.79 Å². The van der Waals surface area contributed by atoms with Crippen molar-refractivity contribution in [2.24, 2.45) is 0 Å². The first-order valence-electron chi connectivity index (χ1n) is 8.35. The van der Waals surface area contributed by atoms with Crippen LogP contribution in [0.3, 0.4) is 0 Å². The third-order valence-corrected chi connectivity index (χ3v) is 4.10. The molecule has 0 fully saturated rings. The van der Waals surface area contributed by atoms with E-state index in [0.717, 1.165) is 0 Å². The van der Waals surface area contributed by atoms with Crippen molar-refractivity contribution in [2.75, 3.05) is 42.7 Å². The van der Waals surface area contributed by atoms with Crippen molar-refractivity contribution in [2.45, 2.75) is 0 Å². The maximum Gasteiger partial charge on any atom is 0.203 e. The van der Waals surface area contributed by atoms with Crippen molar-refractivity contribution in [3.63, 3.8) is 0 Å². The highest BCUT2D eigenvalue weighted by atomic mass is 16.5. The summed E-state index contributed by atoms with van der Waals surface area (Å²) in [6, 6.07) is 6.62. The first-order chi connectivity index (χ1) is 13.5. The third-order valence-electron chi connectivity index (χ3n) is 4.10. The van der Waals surface area contributed by atoms with Gasteiger partial charge in [0.15, 0.2) is 28.8 Å². The number of methoxy groups -OCH3 is 6. The fourth-order valence-corrected chi connectivity index (χ4v) is 2.67. The molecule has 28 heavy (non-hydrogen) atoms. The number of ketones is 1. The van der Waals surface area contributed by atoms with Gasteiger partial charge in [-0.3, -0.25) is 4.79 Å². The van der Waals surface area contributed by atoms with E-state index in [1.807, 2.05) is 0 Å². The second-order valence-electron chi connectivity index (χ2n) is 5.56. The van der Waals surface area contributed by atoms with Crippen LogP contribution in [0.1, 0.15) is 15.9 Å². The normalized spacial score (nSPS) is 10.5. The Balaban J connectivity index is 2.41. The summed E-state index contributed by atoms with van der Waals surface area (Å²) in [7, 11) is 9.12. The van der Waals surface area contributed by atoms with Gasteiger partial charge in [0, 0.05) is 17.2 Å². The molecule has 2 aromatic rings. The quantitative estimate of drug-likeness (QED) is 0.480. The summed E-state index contributed by atoms with van der Waals surface area (Å²) in [4.78, 5) is 12.7. The maximum absolute atomic E-state index is 12.7.